The second-order valence-electron chi connectivity index (χ2n) is 9.23. The van der Waals surface area contributed by atoms with Gasteiger partial charge in [-0.1, -0.05) is 25.8 Å². The summed E-state index contributed by atoms with van der Waals surface area (Å²) < 4.78 is 0. The predicted octanol–water partition coefficient (Wildman–Crippen LogP) is 3.53. The molecule has 23 heavy (non-hydrogen) atoms. The lowest BCUT2D eigenvalue weighted by atomic mass is 9.44. The van der Waals surface area contributed by atoms with Gasteiger partial charge in [-0.3, -0.25) is 0 Å². The van der Waals surface area contributed by atoms with E-state index >= 15 is 0 Å². The highest BCUT2D eigenvalue weighted by atomic mass is 16.3. The maximum Gasteiger partial charge on any atom is 0.149 e. The molecule has 2 N–H and O–H groups in total. The molecule has 126 valence electrons. The van der Waals surface area contributed by atoms with Gasteiger partial charge < -0.3 is 10.2 Å². The summed E-state index contributed by atoms with van der Waals surface area (Å²) in [6.45, 7) is 4.68. The van der Waals surface area contributed by atoms with Crippen molar-refractivity contribution in [3.05, 3.63) is 12.2 Å². The number of rotatable bonds is 0. The Morgan fingerprint density at radius 1 is 1.13 bits per heavy atom. The van der Waals surface area contributed by atoms with Crippen LogP contribution in [0.3, 0.4) is 0 Å². The maximum absolute atomic E-state index is 10.9. The van der Waals surface area contributed by atoms with Crippen LogP contribution in [0.15, 0.2) is 12.2 Å². The molecule has 0 aromatic rings. The van der Waals surface area contributed by atoms with Crippen LogP contribution in [0.25, 0.3) is 0 Å². The first kappa shape index (κ1) is 15.7. The van der Waals surface area contributed by atoms with Crippen molar-refractivity contribution in [3.63, 3.8) is 0 Å². The van der Waals surface area contributed by atoms with Gasteiger partial charge in [-0.2, -0.15) is 0 Å². The Labute approximate surface area is 140 Å². The lowest BCUT2D eigenvalue weighted by Gasteiger charge is -2.61. The van der Waals surface area contributed by atoms with E-state index in [0.29, 0.717) is 23.2 Å². The molecule has 0 aromatic heterocycles. The van der Waals surface area contributed by atoms with E-state index in [1.165, 1.54) is 19.3 Å². The van der Waals surface area contributed by atoms with Gasteiger partial charge in [0.15, 0.2) is 0 Å². The predicted molar refractivity (Wildman–Crippen MR) is 91.4 cm³/mol. The number of hydrogen-bond acceptors (Lipinski definition) is 2. The van der Waals surface area contributed by atoms with Crippen molar-refractivity contribution < 1.29 is 10.2 Å². The van der Waals surface area contributed by atoms with Crippen LogP contribution in [-0.4, -0.2) is 21.9 Å². The number of hydrogen-bond donors (Lipinski definition) is 2. The third kappa shape index (κ3) is 1.90. The molecule has 0 heterocycles. The first-order valence-corrected chi connectivity index (χ1v) is 9.42. The second-order valence-corrected chi connectivity index (χ2v) is 9.23. The summed E-state index contributed by atoms with van der Waals surface area (Å²) in [4.78, 5) is 0. The lowest BCUT2D eigenvalue weighted by molar-refractivity contribution is -0.138. The highest BCUT2D eigenvalue weighted by molar-refractivity contribution is 5.34. The molecule has 0 saturated heterocycles. The van der Waals surface area contributed by atoms with E-state index in [1.807, 2.05) is 6.08 Å². The summed E-state index contributed by atoms with van der Waals surface area (Å²) in [6.07, 6.45) is 17.5. The monoisotopic (exact) mass is 314 g/mol. The van der Waals surface area contributed by atoms with Gasteiger partial charge in [-0.15, -0.1) is 6.42 Å². The minimum atomic E-state index is -1.07. The van der Waals surface area contributed by atoms with Crippen LogP contribution in [0, 0.1) is 46.8 Å². The Morgan fingerprint density at radius 3 is 2.65 bits per heavy atom. The summed E-state index contributed by atoms with van der Waals surface area (Å²) in [5, 5.41) is 21.0. The zero-order chi connectivity index (χ0) is 16.5. The SMILES string of the molecule is C#C[C@]1(O)C=C[C@H]2[C@@H]3CCC4C[C@@H](O)CC[C@]4(C)[C@H]3CC[C@@]21C. The molecule has 4 rings (SSSR count). The molecule has 2 nitrogen and oxygen atoms in total. The molecular weight excluding hydrogens is 284 g/mol. The van der Waals surface area contributed by atoms with Gasteiger partial charge in [0.1, 0.15) is 5.60 Å². The maximum atomic E-state index is 10.9. The molecule has 0 radical (unpaired) electrons. The molecule has 8 atom stereocenters. The molecule has 3 saturated carbocycles. The third-order valence-corrected chi connectivity index (χ3v) is 8.52. The van der Waals surface area contributed by atoms with Gasteiger partial charge in [0.05, 0.1) is 6.10 Å². The lowest BCUT2D eigenvalue weighted by Crippen LogP contribution is -2.56. The standard InChI is InChI=1S/C21H30O2/c1-4-21(23)12-9-18-16-6-5-14-13-15(22)7-10-19(14,2)17(16)8-11-20(18,21)3/h1,9,12,14-18,22-23H,5-8,10-11,13H2,2-3H3/t14?,15-,16+,17-,18-,19-,20-,21-/m0/s1. The van der Waals surface area contributed by atoms with Gasteiger partial charge in [-0.25, -0.2) is 0 Å². The van der Waals surface area contributed by atoms with Crippen molar-refractivity contribution in [3.8, 4) is 12.3 Å². The van der Waals surface area contributed by atoms with Crippen LogP contribution in [0.1, 0.15) is 58.8 Å². The van der Waals surface area contributed by atoms with E-state index in [2.05, 4.69) is 25.8 Å². The first-order valence-electron chi connectivity index (χ1n) is 9.42. The summed E-state index contributed by atoms with van der Waals surface area (Å²) in [5.74, 6) is 5.13. The fraction of sp³-hybridized carbons (Fsp3) is 0.810. The van der Waals surface area contributed by atoms with Crippen molar-refractivity contribution in [2.24, 2.45) is 34.5 Å². The van der Waals surface area contributed by atoms with Gasteiger partial charge in [0.25, 0.3) is 0 Å². The summed E-state index contributed by atoms with van der Waals surface area (Å²) in [7, 11) is 0. The zero-order valence-corrected chi connectivity index (χ0v) is 14.5. The number of aliphatic hydroxyl groups excluding tert-OH is 1. The molecule has 0 amide bonds. The van der Waals surface area contributed by atoms with Crippen molar-refractivity contribution in [2.75, 3.05) is 0 Å². The van der Waals surface area contributed by atoms with E-state index in [9.17, 15) is 10.2 Å². The molecule has 0 aromatic carbocycles. The topological polar surface area (TPSA) is 40.5 Å². The van der Waals surface area contributed by atoms with Crippen LogP contribution in [0.5, 0.6) is 0 Å². The van der Waals surface area contributed by atoms with E-state index in [-0.39, 0.29) is 11.5 Å². The quantitative estimate of drug-likeness (QED) is 0.530. The number of allylic oxidation sites excluding steroid dienone is 1. The fourth-order valence-electron chi connectivity index (χ4n) is 6.93. The molecule has 4 aliphatic rings. The van der Waals surface area contributed by atoms with Crippen LogP contribution in [0.4, 0.5) is 0 Å². The Hall–Kier alpha value is -0.780. The van der Waals surface area contributed by atoms with Crippen LogP contribution < -0.4 is 0 Å². The average Bonchev–Trinajstić information content (AvgIpc) is 2.80. The largest absolute Gasteiger partial charge is 0.393 e. The molecule has 1 unspecified atom stereocenters. The molecule has 2 heteroatoms. The van der Waals surface area contributed by atoms with Crippen molar-refractivity contribution >= 4 is 0 Å². The Kier molecular flexibility index (Phi) is 3.33. The molecule has 0 aliphatic heterocycles. The molecule has 4 aliphatic carbocycles. The Morgan fingerprint density at radius 2 is 1.91 bits per heavy atom. The minimum absolute atomic E-state index is 0.0867. The molecular formula is C21H30O2. The van der Waals surface area contributed by atoms with Gasteiger partial charge in [0.2, 0.25) is 0 Å². The smallest absolute Gasteiger partial charge is 0.149 e. The summed E-state index contributed by atoms with van der Waals surface area (Å²) >= 11 is 0. The highest BCUT2D eigenvalue weighted by Crippen LogP contribution is 2.66. The third-order valence-electron chi connectivity index (χ3n) is 8.52. The average molecular weight is 314 g/mol. The van der Waals surface area contributed by atoms with E-state index in [0.717, 1.165) is 31.6 Å². The van der Waals surface area contributed by atoms with E-state index in [1.54, 1.807) is 0 Å². The van der Waals surface area contributed by atoms with Crippen molar-refractivity contribution in [1.82, 2.24) is 0 Å². The van der Waals surface area contributed by atoms with Crippen LogP contribution in [0.2, 0.25) is 0 Å². The first-order chi connectivity index (χ1) is 10.8. The number of aliphatic hydroxyl groups is 2. The van der Waals surface area contributed by atoms with Crippen LogP contribution in [-0.2, 0) is 0 Å². The number of terminal acetylenes is 1. The van der Waals surface area contributed by atoms with Crippen molar-refractivity contribution in [2.45, 2.75) is 70.5 Å². The summed E-state index contributed by atoms with van der Waals surface area (Å²) in [6, 6.07) is 0. The normalized spacial score (nSPS) is 58.0. The Bertz CT molecular complexity index is 575. The second kappa shape index (κ2) is 4.87. The highest BCUT2D eigenvalue weighted by Gasteiger charge is 2.62. The van der Waals surface area contributed by atoms with E-state index in [4.69, 9.17) is 6.42 Å². The van der Waals surface area contributed by atoms with Crippen molar-refractivity contribution in [1.29, 1.82) is 0 Å². The molecule has 0 bridgehead atoms. The van der Waals surface area contributed by atoms with Gasteiger partial charge in [-0.05, 0) is 80.1 Å². The Balaban J connectivity index is 1.66. The molecule has 0 spiro atoms. The van der Waals surface area contributed by atoms with E-state index < -0.39 is 5.60 Å². The summed E-state index contributed by atoms with van der Waals surface area (Å²) in [5.41, 5.74) is -0.891. The fourth-order valence-corrected chi connectivity index (χ4v) is 6.93. The molecule has 3 fully saturated rings. The zero-order valence-electron chi connectivity index (χ0n) is 14.5. The minimum Gasteiger partial charge on any atom is -0.393 e. The van der Waals surface area contributed by atoms with Gasteiger partial charge in [0, 0.05) is 5.41 Å². The number of fused-ring (bicyclic) bond motifs is 5. The van der Waals surface area contributed by atoms with Gasteiger partial charge >= 0.3 is 0 Å². The van der Waals surface area contributed by atoms with Crippen LogP contribution >= 0.6 is 0 Å².